The lowest BCUT2D eigenvalue weighted by molar-refractivity contribution is 0.101. The molecule has 1 aromatic carbocycles. The molecule has 21 heavy (non-hydrogen) atoms. The minimum absolute atomic E-state index is 0.0920. The summed E-state index contributed by atoms with van der Waals surface area (Å²) in [5.41, 5.74) is 1.72. The molecule has 110 valence electrons. The molecule has 0 atom stereocenters. The zero-order valence-electron chi connectivity index (χ0n) is 13.1. The fourth-order valence-corrected chi connectivity index (χ4v) is 2.45. The summed E-state index contributed by atoms with van der Waals surface area (Å²) in [7, 11) is 0. The van der Waals surface area contributed by atoms with Crippen molar-refractivity contribution in [3.8, 4) is 11.1 Å². The Morgan fingerprint density at radius 1 is 1.10 bits per heavy atom. The first kappa shape index (κ1) is 15.2. The molecular formula is C18H20O3. The van der Waals surface area contributed by atoms with Crippen molar-refractivity contribution >= 4 is 5.78 Å². The molecule has 0 aliphatic heterocycles. The zero-order chi connectivity index (χ0) is 15.8. The average molecular weight is 284 g/mol. The Kier molecular flexibility index (Phi) is 3.86. The highest BCUT2D eigenvalue weighted by Gasteiger charge is 2.28. The fourth-order valence-electron chi connectivity index (χ4n) is 2.45. The largest absolute Gasteiger partial charge is 0.426 e. The maximum absolute atomic E-state index is 12.2. The van der Waals surface area contributed by atoms with Crippen LogP contribution in [-0.2, 0) is 5.41 Å². The van der Waals surface area contributed by atoms with Gasteiger partial charge >= 0.3 is 5.63 Å². The Morgan fingerprint density at radius 3 is 2.14 bits per heavy atom. The van der Waals surface area contributed by atoms with Crippen LogP contribution in [0.1, 0.15) is 49.4 Å². The third kappa shape index (κ3) is 2.82. The Morgan fingerprint density at radius 2 is 1.67 bits per heavy atom. The van der Waals surface area contributed by atoms with E-state index in [4.69, 9.17) is 4.42 Å². The van der Waals surface area contributed by atoms with E-state index >= 15 is 0 Å². The highest BCUT2D eigenvalue weighted by molar-refractivity contribution is 6.02. The van der Waals surface area contributed by atoms with Crippen molar-refractivity contribution < 1.29 is 9.21 Å². The monoisotopic (exact) mass is 284 g/mol. The minimum atomic E-state index is -0.419. The summed E-state index contributed by atoms with van der Waals surface area (Å²) in [6.45, 7) is 9.01. The Labute approximate surface area is 124 Å². The Balaban J connectivity index is 2.95. The van der Waals surface area contributed by atoms with Gasteiger partial charge in [-0.1, -0.05) is 51.1 Å². The lowest BCUT2D eigenvalue weighted by Crippen LogP contribution is -2.22. The molecule has 1 heterocycles. The van der Waals surface area contributed by atoms with Gasteiger partial charge in [0.25, 0.3) is 0 Å². The number of hydrogen-bond acceptors (Lipinski definition) is 3. The van der Waals surface area contributed by atoms with Crippen molar-refractivity contribution in [1.29, 1.82) is 0 Å². The number of Topliss-reactive ketones (excluding diaryl/α,β-unsaturated/α-hetero) is 1. The molecule has 1 aromatic heterocycles. The molecule has 0 aliphatic carbocycles. The van der Waals surface area contributed by atoms with Crippen LogP contribution in [0.3, 0.4) is 0 Å². The van der Waals surface area contributed by atoms with Crippen LogP contribution in [0.2, 0.25) is 0 Å². The quantitative estimate of drug-likeness (QED) is 0.779. The van der Waals surface area contributed by atoms with Crippen LogP contribution in [0.15, 0.2) is 39.5 Å². The highest BCUT2D eigenvalue weighted by atomic mass is 16.4. The van der Waals surface area contributed by atoms with Crippen LogP contribution < -0.4 is 5.63 Å². The maximum Gasteiger partial charge on any atom is 0.339 e. The van der Waals surface area contributed by atoms with Crippen LogP contribution in [0.25, 0.3) is 11.1 Å². The summed E-state index contributed by atoms with van der Waals surface area (Å²) in [6.07, 6.45) is 0. The van der Waals surface area contributed by atoms with Gasteiger partial charge in [0.1, 0.15) is 5.76 Å². The van der Waals surface area contributed by atoms with Gasteiger partial charge in [0.2, 0.25) is 0 Å². The number of benzene rings is 1. The molecule has 0 radical (unpaired) electrons. The summed E-state index contributed by atoms with van der Waals surface area (Å²) < 4.78 is 5.45. The van der Waals surface area contributed by atoms with Crippen molar-refractivity contribution in [3.05, 3.63) is 57.6 Å². The van der Waals surface area contributed by atoms with Gasteiger partial charge < -0.3 is 4.42 Å². The summed E-state index contributed by atoms with van der Waals surface area (Å²) in [5, 5.41) is 0. The molecule has 0 N–H and O–H groups in total. The van der Waals surface area contributed by atoms with E-state index in [1.165, 1.54) is 6.92 Å². The minimum Gasteiger partial charge on any atom is -0.426 e. The van der Waals surface area contributed by atoms with E-state index in [0.717, 1.165) is 5.56 Å². The van der Waals surface area contributed by atoms with Gasteiger partial charge in [-0.2, -0.15) is 0 Å². The van der Waals surface area contributed by atoms with Crippen molar-refractivity contribution in [3.63, 3.8) is 0 Å². The van der Waals surface area contributed by atoms with Gasteiger partial charge in [-0.15, -0.1) is 0 Å². The molecule has 0 unspecified atom stereocenters. The van der Waals surface area contributed by atoms with Crippen LogP contribution in [0.5, 0.6) is 0 Å². The number of ketones is 1. The van der Waals surface area contributed by atoms with Gasteiger partial charge in [0.15, 0.2) is 5.78 Å². The summed E-state index contributed by atoms with van der Waals surface area (Å²) in [4.78, 5) is 24.4. The van der Waals surface area contributed by atoms with Crippen LogP contribution in [-0.4, -0.2) is 5.78 Å². The molecule has 0 spiro atoms. The molecule has 3 nitrogen and oxygen atoms in total. The van der Waals surface area contributed by atoms with Crippen molar-refractivity contribution in [2.24, 2.45) is 0 Å². The second-order valence-electron chi connectivity index (χ2n) is 6.27. The van der Waals surface area contributed by atoms with E-state index in [1.807, 2.05) is 51.1 Å². The Bertz CT molecular complexity index is 732. The summed E-state index contributed by atoms with van der Waals surface area (Å²) in [5.74, 6) is 0.357. The van der Waals surface area contributed by atoms with Gasteiger partial charge in [0.05, 0.1) is 5.56 Å². The van der Waals surface area contributed by atoms with Crippen molar-refractivity contribution in [2.75, 3.05) is 0 Å². The molecule has 0 aliphatic rings. The maximum atomic E-state index is 12.2. The lowest BCUT2D eigenvalue weighted by Gasteiger charge is -2.22. The van der Waals surface area contributed by atoms with Crippen LogP contribution >= 0.6 is 0 Å². The molecular weight excluding hydrogens is 264 g/mol. The highest BCUT2D eigenvalue weighted by Crippen LogP contribution is 2.34. The second-order valence-corrected chi connectivity index (χ2v) is 6.27. The predicted molar refractivity (Wildman–Crippen MR) is 83.9 cm³/mol. The molecule has 0 amide bonds. The molecule has 2 aromatic rings. The first-order chi connectivity index (χ1) is 9.73. The summed E-state index contributed by atoms with van der Waals surface area (Å²) in [6, 6.07) is 9.50. The topological polar surface area (TPSA) is 47.3 Å². The fraction of sp³-hybridized carbons (Fsp3) is 0.333. The van der Waals surface area contributed by atoms with E-state index in [1.54, 1.807) is 6.92 Å². The lowest BCUT2D eigenvalue weighted by atomic mass is 9.84. The zero-order valence-corrected chi connectivity index (χ0v) is 13.1. The Hall–Kier alpha value is -2.16. The van der Waals surface area contributed by atoms with Crippen LogP contribution in [0, 0.1) is 6.92 Å². The molecule has 0 fully saturated rings. The van der Waals surface area contributed by atoms with Gasteiger partial charge in [0, 0.05) is 16.5 Å². The number of hydrogen-bond donors (Lipinski definition) is 0. The number of carbonyl (C=O) groups is 1. The number of rotatable bonds is 2. The molecule has 0 saturated carbocycles. The van der Waals surface area contributed by atoms with Gasteiger partial charge in [-0.05, 0) is 19.4 Å². The third-order valence-corrected chi connectivity index (χ3v) is 3.45. The normalized spacial score (nSPS) is 11.5. The van der Waals surface area contributed by atoms with Crippen LogP contribution in [0.4, 0.5) is 0 Å². The third-order valence-electron chi connectivity index (χ3n) is 3.45. The van der Waals surface area contributed by atoms with Gasteiger partial charge in [-0.25, -0.2) is 4.79 Å². The average Bonchev–Trinajstić information content (AvgIpc) is 2.40. The van der Waals surface area contributed by atoms with E-state index < -0.39 is 5.41 Å². The van der Waals surface area contributed by atoms with E-state index in [9.17, 15) is 9.59 Å². The number of carbonyl (C=O) groups excluding carboxylic acids is 1. The molecule has 0 bridgehead atoms. The second kappa shape index (κ2) is 5.32. The van der Waals surface area contributed by atoms with E-state index in [2.05, 4.69) is 0 Å². The van der Waals surface area contributed by atoms with E-state index in [0.29, 0.717) is 22.5 Å². The SMILES string of the molecule is CC(=O)c1c(C(C)(C)C)oc(=O)c(C)c1-c1ccccc1. The summed E-state index contributed by atoms with van der Waals surface area (Å²) >= 11 is 0. The molecule has 0 saturated heterocycles. The first-order valence-electron chi connectivity index (χ1n) is 6.98. The van der Waals surface area contributed by atoms with Crippen molar-refractivity contribution in [1.82, 2.24) is 0 Å². The van der Waals surface area contributed by atoms with Crippen molar-refractivity contribution in [2.45, 2.75) is 40.0 Å². The van der Waals surface area contributed by atoms with Gasteiger partial charge in [-0.3, -0.25) is 4.79 Å². The van der Waals surface area contributed by atoms with E-state index in [-0.39, 0.29) is 11.4 Å². The smallest absolute Gasteiger partial charge is 0.339 e. The molecule has 3 heteroatoms. The predicted octanol–water partition coefficient (Wildman–Crippen LogP) is 4.12. The molecule has 2 rings (SSSR count). The standard InChI is InChI=1S/C18H20O3/c1-11-14(13-9-7-6-8-10-13)15(12(2)19)16(18(3,4)5)21-17(11)20/h6-10H,1-5H3. The first-order valence-corrected chi connectivity index (χ1v) is 6.98.